The van der Waals surface area contributed by atoms with Gasteiger partial charge in [0.25, 0.3) is 0 Å². The Morgan fingerprint density at radius 1 is 0.692 bits per heavy atom. The minimum Gasteiger partial charge on any atom is -0.456 e. The first-order valence-electron chi connectivity index (χ1n) is 13.4. The fourth-order valence-electron chi connectivity index (χ4n) is 6.06. The van der Waals surface area contributed by atoms with Crippen LogP contribution in [-0.4, -0.2) is 0 Å². The van der Waals surface area contributed by atoms with Crippen molar-refractivity contribution in [1.82, 2.24) is 0 Å². The van der Waals surface area contributed by atoms with Crippen molar-refractivity contribution in [3.05, 3.63) is 143 Å². The molecule has 2 nitrogen and oxygen atoms in total. The van der Waals surface area contributed by atoms with Gasteiger partial charge in [-0.15, -0.1) is 0 Å². The molecule has 0 spiro atoms. The van der Waals surface area contributed by atoms with E-state index in [9.17, 15) is 0 Å². The predicted octanol–water partition coefficient (Wildman–Crippen LogP) is 10.6. The molecule has 0 saturated carbocycles. The van der Waals surface area contributed by atoms with E-state index in [1.54, 1.807) is 0 Å². The van der Waals surface area contributed by atoms with E-state index in [1.807, 2.05) is 11.8 Å². The summed E-state index contributed by atoms with van der Waals surface area (Å²) in [6.45, 7) is 0. The monoisotopic (exact) mass is 519 g/mol. The summed E-state index contributed by atoms with van der Waals surface area (Å²) in [5, 5.41) is 6.00. The van der Waals surface area contributed by atoms with E-state index in [0.29, 0.717) is 5.92 Å². The van der Waals surface area contributed by atoms with Crippen LogP contribution in [0.5, 0.6) is 0 Å². The van der Waals surface area contributed by atoms with Crippen LogP contribution in [0.1, 0.15) is 23.5 Å². The van der Waals surface area contributed by atoms with E-state index in [0.717, 1.165) is 39.7 Å². The van der Waals surface area contributed by atoms with Crippen LogP contribution in [0.2, 0.25) is 0 Å². The molecule has 3 heteroatoms. The normalized spacial score (nSPS) is 16.1. The van der Waals surface area contributed by atoms with E-state index >= 15 is 0 Å². The lowest BCUT2D eigenvalue weighted by Crippen LogP contribution is -2.01. The lowest BCUT2D eigenvalue weighted by molar-refractivity contribution is 0.669. The molecule has 2 aliphatic rings. The first kappa shape index (κ1) is 22.5. The molecule has 1 aliphatic carbocycles. The van der Waals surface area contributed by atoms with Crippen molar-refractivity contribution >= 4 is 50.6 Å². The van der Waals surface area contributed by atoms with Gasteiger partial charge < -0.3 is 9.73 Å². The second-order valence-corrected chi connectivity index (χ2v) is 11.2. The molecule has 186 valence electrons. The van der Waals surface area contributed by atoms with Gasteiger partial charge in [0.2, 0.25) is 0 Å². The number of allylic oxidation sites excluding steroid dienone is 4. The third-order valence-corrected chi connectivity index (χ3v) is 9.13. The average molecular weight is 520 g/mol. The first-order valence-corrected chi connectivity index (χ1v) is 14.2. The zero-order valence-electron chi connectivity index (χ0n) is 21.2. The first-order chi connectivity index (χ1) is 19.3. The Labute approximate surface area is 231 Å². The molecule has 1 unspecified atom stereocenters. The van der Waals surface area contributed by atoms with Crippen molar-refractivity contribution in [2.45, 2.75) is 17.2 Å². The molecule has 2 heterocycles. The third kappa shape index (κ3) is 3.73. The molecule has 6 aromatic rings. The van der Waals surface area contributed by atoms with E-state index in [2.05, 4.69) is 133 Å². The van der Waals surface area contributed by atoms with E-state index in [1.165, 1.54) is 37.6 Å². The van der Waals surface area contributed by atoms with Crippen molar-refractivity contribution in [1.29, 1.82) is 0 Å². The fraction of sp³-hybridized carbons (Fsp3) is 0.0556. The topological polar surface area (TPSA) is 25.2 Å². The molecule has 5 aromatic carbocycles. The second kappa shape index (κ2) is 9.07. The molecule has 1 N–H and O–H groups in total. The van der Waals surface area contributed by atoms with Gasteiger partial charge in [0.1, 0.15) is 11.2 Å². The maximum atomic E-state index is 6.33. The zero-order valence-corrected chi connectivity index (χ0v) is 22.0. The van der Waals surface area contributed by atoms with Gasteiger partial charge in [0.05, 0.1) is 11.1 Å². The summed E-state index contributed by atoms with van der Waals surface area (Å²) in [5.74, 6) is 0.463. The number of thioether (sulfide) groups is 1. The van der Waals surface area contributed by atoms with Gasteiger partial charge in [0.15, 0.2) is 0 Å². The molecule has 0 fully saturated rings. The number of nitrogens with one attached hydrogen (secondary N) is 1. The Bertz CT molecular complexity index is 1950. The van der Waals surface area contributed by atoms with Crippen LogP contribution in [0.25, 0.3) is 38.6 Å². The number of benzene rings is 5. The molecule has 1 aromatic heterocycles. The number of hydrogen-bond acceptors (Lipinski definition) is 3. The molecular weight excluding hydrogens is 494 g/mol. The number of fused-ring (bicyclic) bond motifs is 6. The van der Waals surface area contributed by atoms with Crippen LogP contribution in [-0.2, 0) is 0 Å². The Morgan fingerprint density at radius 2 is 1.46 bits per heavy atom. The number of furan rings is 1. The molecule has 0 saturated heterocycles. The quantitative estimate of drug-likeness (QED) is 0.251. The Hall–Kier alpha value is -4.47. The molecule has 8 rings (SSSR count). The summed E-state index contributed by atoms with van der Waals surface area (Å²) in [7, 11) is 0. The molecular formula is C36H25NOS. The molecule has 0 amide bonds. The number of hydrogen-bond donors (Lipinski definition) is 1. The smallest absolute Gasteiger partial charge is 0.137 e. The van der Waals surface area contributed by atoms with E-state index in [-0.39, 0.29) is 0 Å². The van der Waals surface area contributed by atoms with Gasteiger partial charge in [-0.05, 0) is 70.6 Å². The summed E-state index contributed by atoms with van der Waals surface area (Å²) in [6.07, 6.45) is 5.70. The predicted molar refractivity (Wildman–Crippen MR) is 165 cm³/mol. The maximum Gasteiger partial charge on any atom is 0.137 e. The molecule has 39 heavy (non-hydrogen) atoms. The van der Waals surface area contributed by atoms with Crippen LogP contribution >= 0.6 is 11.8 Å². The SMILES string of the molecule is C1=CC(c2cccc(Nc3cccc4oc5cccc(-c6ccccc6)c5c34)c2)=C2Sc3ccccc3C2C1. The van der Waals surface area contributed by atoms with Crippen molar-refractivity contribution in [3.63, 3.8) is 0 Å². The highest BCUT2D eigenvalue weighted by atomic mass is 32.2. The largest absolute Gasteiger partial charge is 0.456 e. The van der Waals surface area contributed by atoms with E-state index < -0.39 is 0 Å². The van der Waals surface area contributed by atoms with Gasteiger partial charge in [-0.1, -0.05) is 103 Å². The number of anilines is 2. The lowest BCUT2D eigenvalue weighted by atomic mass is 9.87. The maximum absolute atomic E-state index is 6.33. The highest BCUT2D eigenvalue weighted by Gasteiger charge is 2.31. The summed E-state index contributed by atoms with van der Waals surface area (Å²) in [6, 6.07) is 40.8. The number of rotatable bonds is 4. The fourth-order valence-corrected chi connectivity index (χ4v) is 7.43. The average Bonchev–Trinajstić information content (AvgIpc) is 3.57. The van der Waals surface area contributed by atoms with Crippen LogP contribution in [0.4, 0.5) is 11.4 Å². The molecule has 0 bridgehead atoms. The van der Waals surface area contributed by atoms with Crippen molar-refractivity contribution < 1.29 is 4.42 Å². The summed E-state index contributed by atoms with van der Waals surface area (Å²) in [4.78, 5) is 2.85. The Morgan fingerprint density at radius 3 is 2.38 bits per heavy atom. The van der Waals surface area contributed by atoms with Gasteiger partial charge in [-0.2, -0.15) is 0 Å². The molecule has 1 aliphatic heterocycles. The van der Waals surface area contributed by atoms with Crippen LogP contribution < -0.4 is 5.32 Å². The second-order valence-electron chi connectivity index (χ2n) is 10.1. The minimum absolute atomic E-state index is 0.463. The van der Waals surface area contributed by atoms with Gasteiger partial charge in [-0.25, -0.2) is 0 Å². The lowest BCUT2D eigenvalue weighted by Gasteiger charge is -2.19. The highest BCUT2D eigenvalue weighted by molar-refractivity contribution is 8.03. The summed E-state index contributed by atoms with van der Waals surface area (Å²) >= 11 is 1.93. The van der Waals surface area contributed by atoms with Crippen LogP contribution in [0, 0.1) is 0 Å². The zero-order chi connectivity index (χ0) is 25.8. The van der Waals surface area contributed by atoms with Gasteiger partial charge in [0, 0.05) is 26.8 Å². The standard InChI is InChI=1S/C36H25NOS/c1-2-10-23(11-3-1)26-15-8-19-31-34(26)35-30(18-9-20-32(35)38-31)37-25-13-6-12-24(22-25)27-16-7-17-29-28-14-4-5-21-33(28)39-36(27)29/h1-16,18-22,29,37H,17H2. The Kier molecular flexibility index (Phi) is 5.24. The minimum atomic E-state index is 0.463. The Balaban J connectivity index is 1.22. The van der Waals surface area contributed by atoms with Gasteiger partial charge in [-0.3, -0.25) is 0 Å². The molecule has 1 atom stereocenters. The van der Waals surface area contributed by atoms with Crippen molar-refractivity contribution in [2.75, 3.05) is 5.32 Å². The summed E-state index contributed by atoms with van der Waals surface area (Å²) < 4.78 is 6.33. The van der Waals surface area contributed by atoms with Crippen LogP contribution in [0.15, 0.2) is 142 Å². The van der Waals surface area contributed by atoms with Crippen molar-refractivity contribution in [2.24, 2.45) is 0 Å². The highest BCUT2D eigenvalue weighted by Crippen LogP contribution is 2.54. The third-order valence-electron chi connectivity index (χ3n) is 7.81. The van der Waals surface area contributed by atoms with Crippen molar-refractivity contribution in [3.8, 4) is 11.1 Å². The van der Waals surface area contributed by atoms with Crippen LogP contribution in [0.3, 0.4) is 0 Å². The van der Waals surface area contributed by atoms with Gasteiger partial charge >= 0.3 is 0 Å². The van der Waals surface area contributed by atoms with E-state index in [4.69, 9.17) is 4.42 Å². The summed E-state index contributed by atoms with van der Waals surface area (Å²) in [5.41, 5.74) is 10.3. The molecule has 0 radical (unpaired) electrons.